The highest BCUT2D eigenvalue weighted by Gasteiger charge is 2.10. The molecular formula is C19H15ClO5. The Bertz CT molecular complexity index is 1010. The molecule has 0 saturated carbocycles. The van der Waals surface area contributed by atoms with Crippen LogP contribution in [0.2, 0.25) is 5.02 Å². The minimum Gasteiger partial charge on any atom is -0.482 e. The number of carbonyl (C=O) groups excluding carboxylic acids is 1. The lowest BCUT2D eigenvalue weighted by molar-refractivity contribution is -0.136. The standard InChI is InChI=1S/C19H15ClO5/c1-11-8-18(21)25-17-9-14(4-5-15(11)17)24-19(22)10-23-16-6-3-13(20)7-12(16)2/h3-9H,10H2,1-2H3. The normalized spacial score (nSPS) is 10.7. The molecule has 0 N–H and O–H groups in total. The lowest BCUT2D eigenvalue weighted by Crippen LogP contribution is -2.18. The van der Waals surface area contributed by atoms with E-state index in [1.807, 2.05) is 13.8 Å². The Balaban J connectivity index is 1.70. The van der Waals surface area contributed by atoms with Crippen molar-refractivity contribution in [1.82, 2.24) is 0 Å². The van der Waals surface area contributed by atoms with Crippen LogP contribution >= 0.6 is 11.6 Å². The molecule has 0 radical (unpaired) electrons. The van der Waals surface area contributed by atoms with Crippen LogP contribution in [-0.2, 0) is 4.79 Å². The zero-order valence-corrected chi connectivity index (χ0v) is 14.4. The first-order valence-corrected chi connectivity index (χ1v) is 7.94. The summed E-state index contributed by atoms with van der Waals surface area (Å²) in [6.07, 6.45) is 0. The van der Waals surface area contributed by atoms with E-state index in [2.05, 4.69) is 0 Å². The Morgan fingerprint density at radius 3 is 2.64 bits per heavy atom. The molecule has 0 aliphatic carbocycles. The monoisotopic (exact) mass is 358 g/mol. The maximum Gasteiger partial charge on any atom is 0.349 e. The smallest absolute Gasteiger partial charge is 0.349 e. The highest BCUT2D eigenvalue weighted by atomic mass is 35.5. The number of aryl methyl sites for hydroxylation is 2. The number of carbonyl (C=O) groups is 1. The molecule has 0 amide bonds. The van der Waals surface area contributed by atoms with Gasteiger partial charge >= 0.3 is 11.6 Å². The van der Waals surface area contributed by atoms with Crippen molar-refractivity contribution in [1.29, 1.82) is 0 Å². The van der Waals surface area contributed by atoms with Crippen LogP contribution in [0.5, 0.6) is 11.5 Å². The maximum atomic E-state index is 12.0. The summed E-state index contributed by atoms with van der Waals surface area (Å²) in [5.74, 6) is 0.271. The summed E-state index contributed by atoms with van der Waals surface area (Å²) < 4.78 is 15.8. The molecule has 1 heterocycles. The molecule has 2 aromatic carbocycles. The van der Waals surface area contributed by atoms with Gasteiger partial charge < -0.3 is 13.9 Å². The quantitative estimate of drug-likeness (QED) is 0.400. The molecule has 0 unspecified atom stereocenters. The van der Waals surface area contributed by atoms with Crippen LogP contribution in [0, 0.1) is 13.8 Å². The van der Waals surface area contributed by atoms with Crippen LogP contribution < -0.4 is 15.1 Å². The first kappa shape index (κ1) is 17.0. The van der Waals surface area contributed by atoms with Crippen molar-refractivity contribution in [3.05, 3.63) is 69.0 Å². The molecule has 0 spiro atoms. The third kappa shape index (κ3) is 4.00. The fourth-order valence-corrected chi connectivity index (χ4v) is 2.67. The van der Waals surface area contributed by atoms with Crippen LogP contribution in [0.4, 0.5) is 0 Å². The third-order valence-corrected chi connectivity index (χ3v) is 3.87. The molecular weight excluding hydrogens is 344 g/mol. The summed E-state index contributed by atoms with van der Waals surface area (Å²) >= 11 is 5.88. The largest absolute Gasteiger partial charge is 0.482 e. The third-order valence-electron chi connectivity index (χ3n) is 3.64. The lowest BCUT2D eigenvalue weighted by Gasteiger charge is -2.09. The maximum absolute atomic E-state index is 12.0. The molecule has 0 bridgehead atoms. The van der Waals surface area contributed by atoms with Gasteiger partial charge in [0.2, 0.25) is 0 Å². The van der Waals surface area contributed by atoms with Gasteiger partial charge in [-0.3, -0.25) is 0 Å². The van der Waals surface area contributed by atoms with Crippen molar-refractivity contribution in [3.63, 3.8) is 0 Å². The molecule has 3 aromatic rings. The predicted molar refractivity (Wildman–Crippen MR) is 94.5 cm³/mol. The molecule has 0 aliphatic rings. The van der Waals surface area contributed by atoms with Crippen molar-refractivity contribution >= 4 is 28.5 Å². The number of rotatable bonds is 4. The average molecular weight is 359 g/mol. The minimum absolute atomic E-state index is 0.252. The summed E-state index contributed by atoms with van der Waals surface area (Å²) in [6, 6.07) is 11.4. The van der Waals surface area contributed by atoms with E-state index in [9.17, 15) is 9.59 Å². The second kappa shape index (κ2) is 6.99. The van der Waals surface area contributed by atoms with Crippen molar-refractivity contribution < 1.29 is 18.7 Å². The predicted octanol–water partition coefficient (Wildman–Crippen LogP) is 4.05. The number of benzene rings is 2. The molecule has 128 valence electrons. The van der Waals surface area contributed by atoms with Gasteiger partial charge in [0.05, 0.1) is 0 Å². The fourth-order valence-electron chi connectivity index (χ4n) is 2.44. The summed E-state index contributed by atoms with van der Waals surface area (Å²) in [6.45, 7) is 3.39. The SMILES string of the molecule is Cc1cc(Cl)ccc1OCC(=O)Oc1ccc2c(C)cc(=O)oc2c1. The van der Waals surface area contributed by atoms with Gasteiger partial charge in [0.15, 0.2) is 6.61 Å². The van der Waals surface area contributed by atoms with E-state index in [-0.39, 0.29) is 12.4 Å². The van der Waals surface area contributed by atoms with Gasteiger partial charge in [-0.25, -0.2) is 9.59 Å². The van der Waals surface area contributed by atoms with E-state index in [1.165, 1.54) is 12.1 Å². The average Bonchev–Trinajstić information content (AvgIpc) is 2.53. The number of hydrogen-bond donors (Lipinski definition) is 0. The van der Waals surface area contributed by atoms with Gasteiger partial charge in [-0.15, -0.1) is 0 Å². The van der Waals surface area contributed by atoms with E-state index < -0.39 is 11.6 Å². The van der Waals surface area contributed by atoms with E-state index in [4.69, 9.17) is 25.5 Å². The number of hydrogen-bond acceptors (Lipinski definition) is 5. The van der Waals surface area contributed by atoms with Gasteiger partial charge in [-0.2, -0.15) is 0 Å². The van der Waals surface area contributed by atoms with Gasteiger partial charge in [0, 0.05) is 22.5 Å². The second-order valence-corrected chi connectivity index (χ2v) is 6.02. The van der Waals surface area contributed by atoms with E-state index in [0.717, 1.165) is 16.5 Å². The van der Waals surface area contributed by atoms with Gasteiger partial charge in [0.1, 0.15) is 17.1 Å². The molecule has 3 rings (SSSR count). The van der Waals surface area contributed by atoms with Gasteiger partial charge in [-0.1, -0.05) is 11.6 Å². The summed E-state index contributed by atoms with van der Waals surface area (Å²) in [4.78, 5) is 23.4. The Morgan fingerprint density at radius 2 is 1.88 bits per heavy atom. The van der Waals surface area contributed by atoms with Crippen LogP contribution in [0.3, 0.4) is 0 Å². The highest BCUT2D eigenvalue weighted by molar-refractivity contribution is 6.30. The molecule has 6 heteroatoms. The topological polar surface area (TPSA) is 65.7 Å². The lowest BCUT2D eigenvalue weighted by atomic mass is 10.1. The number of fused-ring (bicyclic) bond motifs is 1. The van der Waals surface area contributed by atoms with Crippen molar-refractivity contribution in [2.75, 3.05) is 6.61 Å². The zero-order chi connectivity index (χ0) is 18.0. The van der Waals surface area contributed by atoms with Gasteiger partial charge in [-0.05, 0) is 55.3 Å². The summed E-state index contributed by atoms with van der Waals surface area (Å²) in [7, 11) is 0. The molecule has 0 aliphatic heterocycles. The van der Waals surface area contributed by atoms with E-state index in [1.54, 1.807) is 30.3 Å². The van der Waals surface area contributed by atoms with Crippen molar-refractivity contribution in [2.24, 2.45) is 0 Å². The number of ether oxygens (including phenoxy) is 2. The summed E-state index contributed by atoms with van der Waals surface area (Å²) in [5, 5.41) is 1.38. The fraction of sp³-hybridized carbons (Fsp3) is 0.158. The van der Waals surface area contributed by atoms with Crippen LogP contribution in [-0.4, -0.2) is 12.6 Å². The Hall–Kier alpha value is -2.79. The molecule has 5 nitrogen and oxygen atoms in total. The highest BCUT2D eigenvalue weighted by Crippen LogP contribution is 2.23. The Kier molecular flexibility index (Phi) is 4.76. The van der Waals surface area contributed by atoms with E-state index >= 15 is 0 Å². The molecule has 0 atom stereocenters. The van der Waals surface area contributed by atoms with Crippen LogP contribution in [0.25, 0.3) is 11.0 Å². The molecule has 25 heavy (non-hydrogen) atoms. The zero-order valence-electron chi connectivity index (χ0n) is 13.7. The molecule has 0 saturated heterocycles. The first-order valence-electron chi connectivity index (χ1n) is 7.56. The van der Waals surface area contributed by atoms with Crippen molar-refractivity contribution in [3.8, 4) is 11.5 Å². The molecule has 1 aromatic heterocycles. The minimum atomic E-state index is -0.566. The number of esters is 1. The molecule has 0 fully saturated rings. The Morgan fingerprint density at radius 1 is 1.08 bits per heavy atom. The van der Waals surface area contributed by atoms with Gasteiger partial charge in [0.25, 0.3) is 0 Å². The summed E-state index contributed by atoms with van der Waals surface area (Å²) in [5.41, 5.74) is 1.54. The van der Waals surface area contributed by atoms with Crippen LogP contribution in [0.15, 0.2) is 51.7 Å². The first-order chi connectivity index (χ1) is 11.9. The second-order valence-electron chi connectivity index (χ2n) is 5.58. The Labute approximate surface area is 148 Å². The van der Waals surface area contributed by atoms with E-state index in [0.29, 0.717) is 16.4 Å². The van der Waals surface area contributed by atoms with Crippen molar-refractivity contribution in [2.45, 2.75) is 13.8 Å². The van der Waals surface area contributed by atoms with Crippen LogP contribution in [0.1, 0.15) is 11.1 Å². The number of halogens is 1.